The molecule has 0 N–H and O–H groups in total. The number of anilines is 1. The molecule has 0 radical (unpaired) electrons. The first-order valence-corrected chi connectivity index (χ1v) is 11.9. The van der Waals surface area contributed by atoms with Crippen LogP contribution in [0.3, 0.4) is 0 Å². The molecule has 3 aromatic rings. The summed E-state index contributed by atoms with van der Waals surface area (Å²) in [4.78, 5) is 16.9. The van der Waals surface area contributed by atoms with Gasteiger partial charge in [0.25, 0.3) is 0 Å². The Kier molecular flexibility index (Phi) is 7.35. The SMILES string of the molecule is CCOc1ccc(-c2nnn(CC(=O)c3cc(N4CCOCC4)c(OC)c(C(C)(C)C)c3)n2)cc1. The van der Waals surface area contributed by atoms with Crippen LogP contribution in [-0.4, -0.2) is 66.0 Å². The molecule has 1 fully saturated rings. The van der Waals surface area contributed by atoms with E-state index in [4.69, 9.17) is 14.2 Å². The summed E-state index contributed by atoms with van der Waals surface area (Å²) < 4.78 is 16.8. The number of hydrogen-bond donors (Lipinski definition) is 0. The van der Waals surface area contributed by atoms with Crippen molar-refractivity contribution in [2.24, 2.45) is 0 Å². The second-order valence-electron chi connectivity index (χ2n) is 9.45. The zero-order chi connectivity index (χ0) is 25.0. The number of nitrogens with zero attached hydrogens (tertiary/aromatic N) is 5. The maximum atomic E-state index is 13.4. The highest BCUT2D eigenvalue weighted by molar-refractivity contribution is 5.97. The Morgan fingerprint density at radius 2 is 1.83 bits per heavy atom. The molecule has 186 valence electrons. The molecular weight excluding hydrogens is 446 g/mol. The normalized spacial score (nSPS) is 14.1. The van der Waals surface area contributed by atoms with E-state index in [2.05, 4.69) is 41.1 Å². The molecule has 9 heteroatoms. The molecule has 0 bridgehead atoms. The Hall–Kier alpha value is -3.46. The molecule has 0 amide bonds. The number of ether oxygens (including phenoxy) is 3. The third-order valence-corrected chi connectivity index (χ3v) is 5.92. The first-order chi connectivity index (χ1) is 16.8. The van der Waals surface area contributed by atoms with Crippen LogP contribution in [0.4, 0.5) is 5.69 Å². The minimum atomic E-state index is -0.213. The van der Waals surface area contributed by atoms with E-state index >= 15 is 0 Å². The van der Waals surface area contributed by atoms with Gasteiger partial charge in [0.15, 0.2) is 5.78 Å². The van der Waals surface area contributed by atoms with Crippen LogP contribution < -0.4 is 14.4 Å². The number of aromatic nitrogens is 4. The number of benzene rings is 2. The van der Waals surface area contributed by atoms with Crippen LogP contribution >= 0.6 is 0 Å². The van der Waals surface area contributed by atoms with E-state index in [1.165, 1.54) is 4.80 Å². The van der Waals surface area contributed by atoms with E-state index in [1.807, 2.05) is 43.3 Å². The smallest absolute Gasteiger partial charge is 0.204 e. The van der Waals surface area contributed by atoms with E-state index in [-0.39, 0.29) is 17.7 Å². The van der Waals surface area contributed by atoms with Crippen molar-refractivity contribution in [1.29, 1.82) is 0 Å². The third kappa shape index (κ3) is 5.62. The fourth-order valence-electron chi connectivity index (χ4n) is 4.10. The van der Waals surface area contributed by atoms with E-state index in [1.54, 1.807) is 7.11 Å². The van der Waals surface area contributed by atoms with Crippen molar-refractivity contribution in [3.8, 4) is 22.9 Å². The number of Topliss-reactive ketones (excluding diaryl/α,β-unsaturated/α-hetero) is 1. The fraction of sp³-hybridized carbons (Fsp3) is 0.462. The summed E-state index contributed by atoms with van der Waals surface area (Å²) in [5, 5.41) is 12.7. The molecule has 1 aromatic heterocycles. The van der Waals surface area contributed by atoms with Gasteiger partial charge >= 0.3 is 0 Å². The molecule has 2 heterocycles. The Bertz CT molecular complexity index is 1160. The van der Waals surface area contributed by atoms with Gasteiger partial charge in [0.05, 0.1) is 32.6 Å². The van der Waals surface area contributed by atoms with Crippen LogP contribution in [-0.2, 0) is 16.7 Å². The molecule has 0 unspecified atom stereocenters. The maximum absolute atomic E-state index is 13.4. The largest absolute Gasteiger partial charge is 0.494 e. The molecule has 1 aliphatic rings. The summed E-state index contributed by atoms with van der Waals surface area (Å²) in [6, 6.07) is 11.3. The van der Waals surface area contributed by atoms with E-state index in [0.29, 0.717) is 31.2 Å². The number of methoxy groups -OCH3 is 1. The molecule has 0 spiro atoms. The second kappa shape index (κ2) is 10.4. The standard InChI is InChI=1S/C26H33N5O4/c1-6-35-20-9-7-18(8-10-20)25-27-29-31(28-25)17-23(32)19-15-21(26(2,3)4)24(33-5)22(16-19)30-11-13-34-14-12-30/h7-10,15-16H,6,11-14,17H2,1-5H3. The lowest BCUT2D eigenvalue weighted by Gasteiger charge is -2.33. The molecule has 35 heavy (non-hydrogen) atoms. The fourth-order valence-corrected chi connectivity index (χ4v) is 4.10. The van der Waals surface area contributed by atoms with Crippen molar-refractivity contribution in [3.05, 3.63) is 47.5 Å². The summed E-state index contributed by atoms with van der Waals surface area (Å²) >= 11 is 0. The Morgan fingerprint density at radius 3 is 2.46 bits per heavy atom. The van der Waals surface area contributed by atoms with Crippen molar-refractivity contribution in [3.63, 3.8) is 0 Å². The molecule has 0 atom stereocenters. The van der Waals surface area contributed by atoms with Crippen molar-refractivity contribution in [2.45, 2.75) is 39.7 Å². The third-order valence-electron chi connectivity index (χ3n) is 5.92. The van der Waals surface area contributed by atoms with Gasteiger partial charge in [-0.3, -0.25) is 4.79 Å². The molecule has 0 aliphatic carbocycles. The number of carbonyl (C=O) groups is 1. The number of ketones is 1. The average molecular weight is 480 g/mol. The summed E-state index contributed by atoms with van der Waals surface area (Å²) in [6.07, 6.45) is 0. The van der Waals surface area contributed by atoms with Crippen LogP contribution in [0.2, 0.25) is 0 Å². The van der Waals surface area contributed by atoms with Crippen molar-refractivity contribution in [1.82, 2.24) is 20.2 Å². The zero-order valence-electron chi connectivity index (χ0n) is 21.1. The average Bonchev–Trinajstić information content (AvgIpc) is 3.32. The molecule has 4 rings (SSSR count). The maximum Gasteiger partial charge on any atom is 0.204 e. The lowest BCUT2D eigenvalue weighted by Crippen LogP contribution is -2.37. The Labute approximate surface area is 206 Å². The molecule has 1 aliphatic heterocycles. The minimum absolute atomic E-state index is 0.0114. The highest BCUT2D eigenvalue weighted by Crippen LogP contribution is 2.40. The van der Waals surface area contributed by atoms with Crippen LogP contribution in [0.1, 0.15) is 43.6 Å². The van der Waals surface area contributed by atoms with Gasteiger partial charge in [-0.2, -0.15) is 4.80 Å². The highest BCUT2D eigenvalue weighted by Gasteiger charge is 2.27. The summed E-state index contributed by atoms with van der Waals surface area (Å²) in [5.41, 5.74) is 3.08. The van der Waals surface area contributed by atoms with Gasteiger partial charge in [-0.1, -0.05) is 20.8 Å². The Morgan fingerprint density at radius 1 is 1.11 bits per heavy atom. The monoisotopic (exact) mass is 479 g/mol. The van der Waals surface area contributed by atoms with Gasteiger partial charge in [0.1, 0.15) is 18.0 Å². The topological polar surface area (TPSA) is 91.6 Å². The molecule has 2 aromatic carbocycles. The number of rotatable bonds is 8. The number of morpholine rings is 1. The van der Waals surface area contributed by atoms with E-state index in [9.17, 15) is 4.79 Å². The first-order valence-electron chi connectivity index (χ1n) is 11.9. The van der Waals surface area contributed by atoms with Crippen LogP contribution in [0.15, 0.2) is 36.4 Å². The number of tetrazole rings is 1. The van der Waals surface area contributed by atoms with Gasteiger partial charge in [0, 0.05) is 29.8 Å². The Balaban J connectivity index is 1.60. The van der Waals surface area contributed by atoms with Gasteiger partial charge in [-0.15, -0.1) is 10.2 Å². The van der Waals surface area contributed by atoms with Crippen molar-refractivity contribution >= 4 is 11.5 Å². The van der Waals surface area contributed by atoms with Crippen molar-refractivity contribution < 1.29 is 19.0 Å². The molecular formula is C26H33N5O4. The quantitative estimate of drug-likeness (QED) is 0.451. The van der Waals surface area contributed by atoms with E-state index < -0.39 is 0 Å². The summed E-state index contributed by atoms with van der Waals surface area (Å²) in [7, 11) is 1.68. The molecule has 9 nitrogen and oxygen atoms in total. The van der Waals surface area contributed by atoms with Crippen LogP contribution in [0.25, 0.3) is 11.4 Å². The number of carbonyl (C=O) groups excluding carboxylic acids is 1. The van der Waals surface area contributed by atoms with Gasteiger partial charge < -0.3 is 19.1 Å². The van der Waals surface area contributed by atoms with Crippen molar-refractivity contribution in [2.75, 3.05) is 44.9 Å². The lowest BCUT2D eigenvalue weighted by molar-refractivity contribution is 0.0961. The summed E-state index contributed by atoms with van der Waals surface area (Å²) in [6.45, 7) is 11.6. The van der Waals surface area contributed by atoms with Crippen LogP contribution in [0.5, 0.6) is 11.5 Å². The predicted octanol–water partition coefficient (Wildman–Crippen LogP) is 3.76. The van der Waals surface area contributed by atoms with Gasteiger partial charge in [-0.25, -0.2) is 0 Å². The van der Waals surface area contributed by atoms with Gasteiger partial charge in [0.2, 0.25) is 5.82 Å². The molecule has 0 saturated carbocycles. The minimum Gasteiger partial charge on any atom is -0.494 e. The second-order valence-corrected chi connectivity index (χ2v) is 9.45. The predicted molar refractivity (Wildman–Crippen MR) is 133 cm³/mol. The van der Waals surface area contributed by atoms with Gasteiger partial charge in [-0.05, 0) is 54.0 Å². The highest BCUT2D eigenvalue weighted by atomic mass is 16.5. The van der Waals surface area contributed by atoms with Crippen LogP contribution in [0, 0.1) is 0 Å². The molecule has 1 saturated heterocycles. The summed E-state index contributed by atoms with van der Waals surface area (Å²) in [5.74, 6) is 1.94. The van der Waals surface area contributed by atoms with E-state index in [0.717, 1.165) is 41.4 Å². The zero-order valence-corrected chi connectivity index (χ0v) is 21.1. The number of hydrogen-bond acceptors (Lipinski definition) is 8. The lowest BCUT2D eigenvalue weighted by atomic mass is 9.84. The first kappa shape index (κ1) is 24.7.